The number of benzene rings is 2. The lowest BCUT2D eigenvalue weighted by Gasteiger charge is -2.18. The number of aromatic nitrogens is 2. The van der Waals surface area contributed by atoms with Crippen LogP contribution in [0.15, 0.2) is 59.7 Å². The third-order valence-corrected chi connectivity index (χ3v) is 4.67. The first-order valence-corrected chi connectivity index (χ1v) is 9.45. The van der Waals surface area contributed by atoms with Crippen LogP contribution in [0.5, 0.6) is 5.75 Å². The molecule has 0 aliphatic heterocycles. The van der Waals surface area contributed by atoms with Gasteiger partial charge < -0.3 is 14.4 Å². The molecule has 0 fully saturated rings. The number of carbonyl (C=O) groups is 2. The molecule has 156 valence electrons. The van der Waals surface area contributed by atoms with Crippen molar-refractivity contribution in [3.8, 4) is 5.75 Å². The molecule has 0 unspecified atom stereocenters. The standard InChI is InChI=1S/C22H23N3O5/c1-24(13-16-7-3-6-10-19(16)29-2)20(26)14-30-21(27)11-12-25-15-23-18-9-5-4-8-17(18)22(25)28/h3-10,15H,11-14H2,1-2H3. The van der Waals surface area contributed by atoms with Gasteiger partial charge in [-0.2, -0.15) is 0 Å². The summed E-state index contributed by atoms with van der Waals surface area (Å²) >= 11 is 0. The summed E-state index contributed by atoms with van der Waals surface area (Å²) in [7, 11) is 3.20. The smallest absolute Gasteiger partial charge is 0.308 e. The molecule has 0 aliphatic carbocycles. The number of rotatable bonds is 8. The molecule has 0 aliphatic rings. The fourth-order valence-corrected chi connectivity index (χ4v) is 2.98. The average molecular weight is 409 g/mol. The van der Waals surface area contributed by atoms with Crippen LogP contribution in [0.25, 0.3) is 10.9 Å². The van der Waals surface area contributed by atoms with Crippen LogP contribution in [0.2, 0.25) is 0 Å². The van der Waals surface area contributed by atoms with E-state index < -0.39 is 5.97 Å². The van der Waals surface area contributed by atoms with Crippen molar-refractivity contribution in [2.24, 2.45) is 0 Å². The molecule has 8 nitrogen and oxygen atoms in total. The van der Waals surface area contributed by atoms with Crippen LogP contribution in [0.1, 0.15) is 12.0 Å². The third-order valence-electron chi connectivity index (χ3n) is 4.67. The Hall–Kier alpha value is -3.68. The van der Waals surface area contributed by atoms with Crippen molar-refractivity contribution in [2.45, 2.75) is 19.5 Å². The van der Waals surface area contributed by atoms with Gasteiger partial charge in [-0.05, 0) is 18.2 Å². The summed E-state index contributed by atoms with van der Waals surface area (Å²) in [5.41, 5.74) is 1.23. The highest BCUT2D eigenvalue weighted by atomic mass is 16.5. The molecular formula is C22H23N3O5. The van der Waals surface area contributed by atoms with E-state index in [1.165, 1.54) is 15.8 Å². The minimum atomic E-state index is -0.561. The second-order valence-electron chi connectivity index (χ2n) is 6.73. The van der Waals surface area contributed by atoms with Crippen LogP contribution in [0.4, 0.5) is 0 Å². The molecule has 1 aromatic heterocycles. The van der Waals surface area contributed by atoms with Gasteiger partial charge in [-0.1, -0.05) is 30.3 Å². The van der Waals surface area contributed by atoms with Crippen molar-refractivity contribution in [3.63, 3.8) is 0 Å². The number of aryl methyl sites for hydroxylation is 1. The van der Waals surface area contributed by atoms with Gasteiger partial charge in [0, 0.05) is 25.7 Å². The molecule has 0 saturated heterocycles. The van der Waals surface area contributed by atoms with E-state index in [1.807, 2.05) is 24.3 Å². The summed E-state index contributed by atoms with van der Waals surface area (Å²) in [4.78, 5) is 42.4. The lowest BCUT2D eigenvalue weighted by molar-refractivity contribution is -0.151. The molecule has 1 heterocycles. The van der Waals surface area contributed by atoms with Gasteiger partial charge in [0.1, 0.15) is 5.75 Å². The Kier molecular flexibility index (Phi) is 6.79. The van der Waals surface area contributed by atoms with Gasteiger partial charge in [0.05, 0.1) is 30.8 Å². The minimum absolute atomic E-state index is 0.0383. The van der Waals surface area contributed by atoms with E-state index in [0.29, 0.717) is 23.2 Å². The summed E-state index contributed by atoms with van der Waals surface area (Å²) < 4.78 is 11.7. The molecule has 0 saturated carbocycles. The Bertz CT molecular complexity index is 1110. The van der Waals surface area contributed by atoms with Crippen LogP contribution in [-0.2, 0) is 27.4 Å². The van der Waals surface area contributed by atoms with E-state index in [1.54, 1.807) is 38.4 Å². The zero-order chi connectivity index (χ0) is 21.5. The van der Waals surface area contributed by atoms with Crippen molar-refractivity contribution in [1.82, 2.24) is 14.5 Å². The first-order chi connectivity index (χ1) is 14.5. The highest BCUT2D eigenvalue weighted by molar-refractivity contribution is 5.80. The first-order valence-electron chi connectivity index (χ1n) is 9.45. The van der Waals surface area contributed by atoms with Crippen LogP contribution in [-0.4, -0.2) is 47.1 Å². The molecule has 0 bridgehead atoms. The minimum Gasteiger partial charge on any atom is -0.496 e. The quantitative estimate of drug-likeness (QED) is 0.529. The van der Waals surface area contributed by atoms with Crippen LogP contribution in [0, 0.1) is 0 Å². The average Bonchev–Trinajstić information content (AvgIpc) is 2.77. The van der Waals surface area contributed by atoms with Gasteiger partial charge >= 0.3 is 5.97 Å². The summed E-state index contributed by atoms with van der Waals surface area (Å²) in [6, 6.07) is 14.4. The van der Waals surface area contributed by atoms with Crippen LogP contribution < -0.4 is 10.3 Å². The maximum absolute atomic E-state index is 12.4. The summed E-state index contributed by atoms with van der Waals surface area (Å²) in [6.07, 6.45) is 1.37. The number of likely N-dealkylation sites (N-methyl/N-ethyl adjacent to an activating group) is 1. The molecule has 8 heteroatoms. The number of carbonyl (C=O) groups excluding carboxylic acids is 2. The first kappa shape index (κ1) is 21.0. The molecule has 30 heavy (non-hydrogen) atoms. The number of hydrogen-bond acceptors (Lipinski definition) is 6. The van der Waals surface area contributed by atoms with Crippen molar-refractivity contribution >= 4 is 22.8 Å². The lowest BCUT2D eigenvalue weighted by Crippen LogP contribution is -2.31. The Morgan fingerprint density at radius 3 is 2.63 bits per heavy atom. The largest absolute Gasteiger partial charge is 0.496 e. The van der Waals surface area contributed by atoms with Gasteiger partial charge in [0.2, 0.25) is 0 Å². The van der Waals surface area contributed by atoms with Crippen molar-refractivity contribution in [3.05, 3.63) is 70.8 Å². The van der Waals surface area contributed by atoms with Crippen molar-refractivity contribution in [1.29, 1.82) is 0 Å². The fraction of sp³-hybridized carbons (Fsp3) is 0.273. The molecule has 0 spiro atoms. The topological polar surface area (TPSA) is 90.7 Å². The van der Waals surface area contributed by atoms with E-state index in [9.17, 15) is 14.4 Å². The molecule has 2 aromatic carbocycles. The molecule has 3 rings (SSSR count). The van der Waals surface area contributed by atoms with E-state index in [0.717, 1.165) is 5.56 Å². The fourth-order valence-electron chi connectivity index (χ4n) is 2.98. The summed E-state index contributed by atoms with van der Waals surface area (Å²) in [5, 5.41) is 0.488. The predicted octanol–water partition coefficient (Wildman–Crippen LogP) is 2.00. The molecule has 0 atom stereocenters. The lowest BCUT2D eigenvalue weighted by atomic mass is 10.2. The van der Waals surface area contributed by atoms with Gasteiger partial charge in [-0.15, -0.1) is 0 Å². The number of fused-ring (bicyclic) bond motifs is 1. The maximum atomic E-state index is 12.4. The second-order valence-corrected chi connectivity index (χ2v) is 6.73. The van der Waals surface area contributed by atoms with E-state index in [-0.39, 0.29) is 31.0 Å². The van der Waals surface area contributed by atoms with Crippen LogP contribution >= 0.6 is 0 Å². The number of methoxy groups -OCH3 is 1. The Labute approximate surface area is 173 Å². The van der Waals surface area contributed by atoms with Gasteiger partial charge in [-0.3, -0.25) is 19.0 Å². The zero-order valence-electron chi connectivity index (χ0n) is 16.9. The summed E-state index contributed by atoms with van der Waals surface area (Å²) in [5.74, 6) is -0.212. The molecule has 1 amide bonds. The van der Waals surface area contributed by atoms with Gasteiger partial charge in [0.15, 0.2) is 6.61 Å². The van der Waals surface area contributed by atoms with Crippen molar-refractivity contribution < 1.29 is 19.1 Å². The molecule has 0 radical (unpaired) electrons. The third kappa shape index (κ3) is 5.02. The van der Waals surface area contributed by atoms with Gasteiger partial charge in [0.25, 0.3) is 11.5 Å². The van der Waals surface area contributed by atoms with Crippen molar-refractivity contribution in [2.75, 3.05) is 20.8 Å². The van der Waals surface area contributed by atoms with E-state index >= 15 is 0 Å². The molecular weight excluding hydrogens is 386 g/mol. The molecule has 0 N–H and O–H groups in total. The Balaban J connectivity index is 1.50. The number of amides is 1. The highest BCUT2D eigenvalue weighted by Gasteiger charge is 2.14. The number of hydrogen-bond donors (Lipinski definition) is 0. The highest BCUT2D eigenvalue weighted by Crippen LogP contribution is 2.18. The number of ether oxygens (including phenoxy) is 2. The maximum Gasteiger partial charge on any atom is 0.308 e. The normalized spacial score (nSPS) is 10.6. The SMILES string of the molecule is COc1ccccc1CN(C)C(=O)COC(=O)CCn1cnc2ccccc2c1=O. The van der Waals surface area contributed by atoms with Crippen LogP contribution in [0.3, 0.4) is 0 Å². The zero-order valence-corrected chi connectivity index (χ0v) is 16.9. The molecule has 3 aromatic rings. The van der Waals surface area contributed by atoms with E-state index in [2.05, 4.69) is 4.98 Å². The predicted molar refractivity (Wildman–Crippen MR) is 111 cm³/mol. The second kappa shape index (κ2) is 9.69. The Morgan fingerprint density at radius 1 is 1.10 bits per heavy atom. The van der Waals surface area contributed by atoms with E-state index in [4.69, 9.17) is 9.47 Å². The summed E-state index contributed by atoms with van der Waals surface area (Å²) in [6.45, 7) is 0.0919. The number of nitrogens with zero attached hydrogens (tertiary/aromatic N) is 3. The number of esters is 1. The Morgan fingerprint density at radius 2 is 1.83 bits per heavy atom. The van der Waals surface area contributed by atoms with Gasteiger partial charge in [-0.25, -0.2) is 4.98 Å². The monoisotopic (exact) mass is 409 g/mol. The number of para-hydroxylation sites is 2.